The largest absolute Gasteiger partial charge is 0.447 e. The third kappa shape index (κ3) is 2.98. The Bertz CT molecular complexity index is 788. The third-order valence-corrected chi connectivity index (χ3v) is 5.46. The number of rotatable bonds is 3. The number of ether oxygens (including phenoxy) is 1. The van der Waals surface area contributed by atoms with Crippen LogP contribution in [0.15, 0.2) is 30.3 Å². The fourth-order valence-electron chi connectivity index (χ4n) is 3.92. The zero-order valence-electron chi connectivity index (χ0n) is 14.6. The number of hydrogen-bond acceptors (Lipinski definition) is 5. The molecule has 1 aromatic rings. The van der Waals surface area contributed by atoms with Crippen LogP contribution in [0, 0.1) is 0 Å². The molecule has 0 bridgehead atoms. The van der Waals surface area contributed by atoms with E-state index in [4.69, 9.17) is 4.74 Å². The number of cyclic esters (lactones) is 1. The Labute approximate surface area is 155 Å². The fourth-order valence-corrected chi connectivity index (χ4v) is 3.92. The summed E-state index contributed by atoms with van der Waals surface area (Å²) in [6, 6.07) is 8.39. The maximum Gasteiger partial charge on any atom is 0.407 e. The van der Waals surface area contributed by atoms with Gasteiger partial charge in [0.15, 0.2) is 0 Å². The quantitative estimate of drug-likeness (QED) is 0.738. The molecule has 27 heavy (non-hydrogen) atoms. The highest BCUT2D eigenvalue weighted by Crippen LogP contribution is 2.34. The Morgan fingerprint density at radius 1 is 1.15 bits per heavy atom. The minimum absolute atomic E-state index is 0.0123. The van der Waals surface area contributed by atoms with Gasteiger partial charge in [-0.25, -0.2) is 9.59 Å². The zero-order valence-corrected chi connectivity index (χ0v) is 14.6. The van der Waals surface area contributed by atoms with Crippen LogP contribution >= 0.6 is 0 Å². The Balaban J connectivity index is 1.47. The molecule has 1 atom stereocenters. The highest BCUT2D eigenvalue weighted by molar-refractivity contribution is 6.07. The number of likely N-dealkylation sites (tertiary alicyclic amines) is 1. The van der Waals surface area contributed by atoms with E-state index in [1.165, 1.54) is 0 Å². The molecule has 4 rings (SSSR count). The number of imide groups is 1. The molecule has 3 aliphatic heterocycles. The van der Waals surface area contributed by atoms with Crippen LogP contribution in [0.1, 0.15) is 18.4 Å². The topological polar surface area (TPSA) is 108 Å². The van der Waals surface area contributed by atoms with Crippen molar-refractivity contribution < 1.29 is 23.9 Å². The number of nitrogens with one attached hydrogen (secondary N) is 2. The molecule has 1 spiro atoms. The monoisotopic (exact) mass is 372 g/mol. The third-order valence-electron chi connectivity index (χ3n) is 5.46. The molecule has 0 aliphatic carbocycles. The van der Waals surface area contributed by atoms with Crippen molar-refractivity contribution in [3.05, 3.63) is 35.9 Å². The molecule has 3 aliphatic rings. The summed E-state index contributed by atoms with van der Waals surface area (Å²) in [5.74, 6) is -0.539. The number of hydrogen-bond donors (Lipinski definition) is 2. The van der Waals surface area contributed by atoms with Crippen molar-refractivity contribution in [2.45, 2.75) is 31.0 Å². The SMILES string of the molecule is O=C1N[C@H](C(=O)N2CCC3(CC2)C(=O)NC(=O)N3Cc2ccccc2)CO1. The predicted molar refractivity (Wildman–Crippen MR) is 92.3 cm³/mol. The first-order chi connectivity index (χ1) is 13.0. The van der Waals surface area contributed by atoms with Crippen molar-refractivity contribution in [2.75, 3.05) is 19.7 Å². The molecule has 3 fully saturated rings. The lowest BCUT2D eigenvalue weighted by atomic mass is 9.85. The van der Waals surface area contributed by atoms with Gasteiger partial charge >= 0.3 is 12.1 Å². The number of benzene rings is 1. The Hall–Kier alpha value is -3.10. The van der Waals surface area contributed by atoms with E-state index in [2.05, 4.69) is 10.6 Å². The summed E-state index contributed by atoms with van der Waals surface area (Å²) < 4.78 is 4.77. The summed E-state index contributed by atoms with van der Waals surface area (Å²) >= 11 is 0. The summed E-state index contributed by atoms with van der Waals surface area (Å²) in [7, 11) is 0. The summed E-state index contributed by atoms with van der Waals surface area (Å²) in [5, 5.41) is 4.89. The Morgan fingerprint density at radius 3 is 2.48 bits per heavy atom. The molecule has 2 N–H and O–H groups in total. The Morgan fingerprint density at radius 2 is 1.85 bits per heavy atom. The molecule has 0 aromatic heterocycles. The van der Waals surface area contributed by atoms with Crippen molar-refractivity contribution in [3.63, 3.8) is 0 Å². The fraction of sp³-hybridized carbons (Fsp3) is 0.444. The second-order valence-corrected chi connectivity index (χ2v) is 6.98. The lowest BCUT2D eigenvalue weighted by molar-refractivity contribution is -0.139. The van der Waals surface area contributed by atoms with Crippen molar-refractivity contribution in [2.24, 2.45) is 0 Å². The van der Waals surface area contributed by atoms with E-state index in [-0.39, 0.29) is 18.4 Å². The Kier molecular flexibility index (Phi) is 4.21. The minimum Gasteiger partial charge on any atom is -0.447 e. The normalized spacial score (nSPS) is 24.0. The molecular weight excluding hydrogens is 352 g/mol. The molecule has 0 unspecified atom stereocenters. The number of carbonyl (C=O) groups is 4. The van der Waals surface area contributed by atoms with E-state index in [0.717, 1.165) is 5.56 Å². The van der Waals surface area contributed by atoms with Gasteiger partial charge in [-0.2, -0.15) is 0 Å². The van der Waals surface area contributed by atoms with Crippen molar-refractivity contribution in [1.29, 1.82) is 0 Å². The van der Waals surface area contributed by atoms with Crippen LogP contribution < -0.4 is 10.6 Å². The highest BCUT2D eigenvalue weighted by atomic mass is 16.6. The van der Waals surface area contributed by atoms with Crippen LogP contribution in [0.3, 0.4) is 0 Å². The van der Waals surface area contributed by atoms with Gasteiger partial charge in [0, 0.05) is 19.6 Å². The van der Waals surface area contributed by atoms with Crippen LogP contribution in [-0.4, -0.2) is 65.0 Å². The van der Waals surface area contributed by atoms with Crippen molar-refractivity contribution in [3.8, 4) is 0 Å². The second kappa shape index (κ2) is 6.57. The van der Waals surface area contributed by atoms with Gasteiger partial charge in [0.25, 0.3) is 5.91 Å². The summed E-state index contributed by atoms with van der Waals surface area (Å²) in [5.41, 5.74) is -0.00915. The first-order valence-corrected chi connectivity index (χ1v) is 8.89. The summed E-state index contributed by atoms with van der Waals surface area (Å²) in [6.07, 6.45) is 0.103. The number of nitrogens with zero attached hydrogens (tertiary/aromatic N) is 2. The number of alkyl carbamates (subject to hydrolysis) is 1. The van der Waals surface area contributed by atoms with Gasteiger partial charge in [0.05, 0.1) is 0 Å². The predicted octanol–water partition coefficient (Wildman–Crippen LogP) is 0.208. The second-order valence-electron chi connectivity index (χ2n) is 6.98. The van der Waals surface area contributed by atoms with Crippen LogP contribution in [0.25, 0.3) is 0 Å². The van der Waals surface area contributed by atoms with E-state index in [9.17, 15) is 19.2 Å². The van der Waals surface area contributed by atoms with Crippen LogP contribution in [-0.2, 0) is 20.9 Å². The number of carbonyl (C=O) groups excluding carboxylic acids is 4. The lowest BCUT2D eigenvalue weighted by Gasteiger charge is -2.42. The minimum atomic E-state index is -0.945. The van der Waals surface area contributed by atoms with Gasteiger partial charge in [-0.15, -0.1) is 0 Å². The molecule has 9 nitrogen and oxygen atoms in total. The first kappa shape index (κ1) is 17.3. The standard InChI is InChI=1S/C18H20N4O5/c23-14(13-11-27-17(26)19-13)21-8-6-18(7-9-21)15(24)20-16(25)22(18)10-12-4-2-1-3-5-12/h1-5,13H,6-11H2,(H,19,26)(H,20,24,25)/t13-/m0/s1. The van der Waals surface area contributed by atoms with Gasteiger partial charge in [-0.3, -0.25) is 14.9 Å². The first-order valence-electron chi connectivity index (χ1n) is 8.89. The maximum atomic E-state index is 12.6. The zero-order chi connectivity index (χ0) is 19.0. The van der Waals surface area contributed by atoms with Crippen LogP contribution in [0.2, 0.25) is 0 Å². The van der Waals surface area contributed by atoms with Crippen LogP contribution in [0.5, 0.6) is 0 Å². The number of urea groups is 1. The molecule has 1 aromatic carbocycles. The van der Waals surface area contributed by atoms with Gasteiger partial charge in [0.2, 0.25) is 5.91 Å². The van der Waals surface area contributed by atoms with E-state index < -0.39 is 23.7 Å². The molecule has 0 radical (unpaired) electrons. The van der Waals surface area contributed by atoms with E-state index in [1.54, 1.807) is 9.80 Å². The van der Waals surface area contributed by atoms with Gasteiger partial charge < -0.3 is 19.9 Å². The van der Waals surface area contributed by atoms with E-state index in [1.807, 2.05) is 30.3 Å². The molecular formula is C18H20N4O5. The molecule has 3 heterocycles. The molecule has 142 valence electrons. The molecule has 9 heteroatoms. The van der Waals surface area contributed by atoms with Gasteiger partial charge in [0.1, 0.15) is 18.2 Å². The maximum absolute atomic E-state index is 12.6. The smallest absolute Gasteiger partial charge is 0.407 e. The van der Waals surface area contributed by atoms with Crippen molar-refractivity contribution >= 4 is 23.9 Å². The average Bonchev–Trinajstić information content (AvgIpc) is 3.20. The molecule has 3 saturated heterocycles. The van der Waals surface area contributed by atoms with Gasteiger partial charge in [-0.1, -0.05) is 30.3 Å². The lowest BCUT2D eigenvalue weighted by Crippen LogP contribution is -2.58. The number of amides is 5. The highest BCUT2D eigenvalue weighted by Gasteiger charge is 2.54. The number of piperidine rings is 1. The van der Waals surface area contributed by atoms with Gasteiger partial charge in [-0.05, 0) is 18.4 Å². The van der Waals surface area contributed by atoms with E-state index in [0.29, 0.717) is 32.5 Å². The van der Waals surface area contributed by atoms with Crippen molar-refractivity contribution in [1.82, 2.24) is 20.4 Å². The molecule has 0 saturated carbocycles. The average molecular weight is 372 g/mol. The summed E-state index contributed by atoms with van der Waals surface area (Å²) in [4.78, 5) is 51.8. The molecule has 5 amide bonds. The van der Waals surface area contributed by atoms with E-state index >= 15 is 0 Å². The van der Waals surface area contributed by atoms with Crippen LogP contribution in [0.4, 0.5) is 9.59 Å². The summed E-state index contributed by atoms with van der Waals surface area (Å²) in [6.45, 7) is 1.01.